The summed E-state index contributed by atoms with van der Waals surface area (Å²) in [6.07, 6.45) is 0.898. The fraction of sp³-hybridized carbons (Fsp3) is 0.208. The Labute approximate surface area is 190 Å². The standard InChI is InChI=1S/C24H24N4OS2/c1-4-19-13-20(23(31-19)28-22(29)17-8-6-5-7-9-17)21(18-10-11-30-14-18)27-24-25-15(2)12-16(3)26-24/h5-14,21H,4H2,1-3H3,(H,28,29)(H,25,26,27)/t21-/m1/s1. The first-order chi connectivity index (χ1) is 15.0. The molecule has 4 aromatic rings. The van der Waals surface area contributed by atoms with Gasteiger partial charge in [-0.2, -0.15) is 11.3 Å². The topological polar surface area (TPSA) is 66.9 Å². The number of carbonyl (C=O) groups excluding carboxylic acids is 1. The van der Waals surface area contributed by atoms with E-state index in [1.165, 1.54) is 4.88 Å². The highest BCUT2D eigenvalue weighted by Crippen LogP contribution is 2.38. The van der Waals surface area contributed by atoms with Crippen LogP contribution >= 0.6 is 22.7 Å². The number of aromatic nitrogens is 2. The number of rotatable bonds is 7. The van der Waals surface area contributed by atoms with Crippen LogP contribution in [0, 0.1) is 13.8 Å². The largest absolute Gasteiger partial charge is 0.343 e. The number of anilines is 2. The number of carbonyl (C=O) groups is 1. The van der Waals surface area contributed by atoms with Crippen molar-refractivity contribution in [2.45, 2.75) is 33.2 Å². The summed E-state index contributed by atoms with van der Waals surface area (Å²) < 4.78 is 0. The lowest BCUT2D eigenvalue weighted by Gasteiger charge is -2.19. The summed E-state index contributed by atoms with van der Waals surface area (Å²) in [6.45, 7) is 6.05. The fourth-order valence-corrected chi connectivity index (χ4v) is 5.13. The van der Waals surface area contributed by atoms with Crippen LogP contribution in [-0.4, -0.2) is 15.9 Å². The van der Waals surface area contributed by atoms with Crippen LogP contribution in [0.5, 0.6) is 0 Å². The molecule has 0 aliphatic rings. The summed E-state index contributed by atoms with van der Waals surface area (Å²) in [5.74, 6) is 0.469. The predicted octanol–water partition coefficient (Wildman–Crippen LogP) is 6.23. The van der Waals surface area contributed by atoms with Crippen molar-refractivity contribution in [3.05, 3.63) is 92.2 Å². The van der Waals surface area contributed by atoms with Crippen LogP contribution in [0.4, 0.5) is 10.9 Å². The van der Waals surface area contributed by atoms with Crippen LogP contribution < -0.4 is 10.6 Å². The van der Waals surface area contributed by atoms with Crippen molar-refractivity contribution in [2.24, 2.45) is 0 Å². The first kappa shape index (κ1) is 21.2. The number of nitrogens with one attached hydrogen (secondary N) is 2. The molecule has 0 fully saturated rings. The number of hydrogen-bond donors (Lipinski definition) is 2. The Kier molecular flexibility index (Phi) is 6.44. The van der Waals surface area contributed by atoms with Gasteiger partial charge in [0, 0.05) is 27.4 Å². The summed E-state index contributed by atoms with van der Waals surface area (Å²) in [7, 11) is 0. The van der Waals surface area contributed by atoms with E-state index in [1.54, 1.807) is 22.7 Å². The predicted molar refractivity (Wildman–Crippen MR) is 129 cm³/mol. The highest BCUT2D eigenvalue weighted by molar-refractivity contribution is 7.16. The van der Waals surface area contributed by atoms with Crippen molar-refractivity contribution in [1.29, 1.82) is 0 Å². The lowest BCUT2D eigenvalue weighted by Crippen LogP contribution is -2.17. The number of nitrogens with zero attached hydrogens (tertiary/aromatic N) is 2. The second kappa shape index (κ2) is 9.41. The van der Waals surface area contributed by atoms with Crippen molar-refractivity contribution >= 4 is 39.5 Å². The molecular weight excluding hydrogens is 424 g/mol. The van der Waals surface area contributed by atoms with E-state index >= 15 is 0 Å². The van der Waals surface area contributed by atoms with Gasteiger partial charge in [-0.15, -0.1) is 11.3 Å². The third-order valence-corrected chi connectivity index (χ3v) is 6.78. The van der Waals surface area contributed by atoms with Gasteiger partial charge in [0.1, 0.15) is 5.00 Å². The van der Waals surface area contributed by atoms with E-state index in [2.05, 4.69) is 50.4 Å². The molecular formula is C24H24N4OS2. The summed E-state index contributed by atoms with van der Waals surface area (Å²) in [5, 5.41) is 11.7. The molecule has 2 N–H and O–H groups in total. The SMILES string of the molecule is CCc1cc([C@H](Nc2nc(C)cc(C)n2)c2ccsc2)c(NC(=O)c2ccccc2)s1. The molecule has 0 spiro atoms. The molecule has 1 aromatic carbocycles. The van der Waals surface area contributed by atoms with Gasteiger partial charge in [0.15, 0.2) is 0 Å². The minimum Gasteiger partial charge on any atom is -0.343 e. The molecule has 31 heavy (non-hydrogen) atoms. The normalized spacial score (nSPS) is 11.8. The van der Waals surface area contributed by atoms with Gasteiger partial charge >= 0.3 is 0 Å². The number of hydrogen-bond acceptors (Lipinski definition) is 6. The summed E-state index contributed by atoms with van der Waals surface area (Å²) in [4.78, 5) is 23.2. The Bertz CT molecular complexity index is 1150. The summed E-state index contributed by atoms with van der Waals surface area (Å²) in [6, 6.07) is 15.3. The van der Waals surface area contributed by atoms with Gasteiger partial charge in [-0.25, -0.2) is 9.97 Å². The quantitative estimate of drug-likeness (QED) is 0.351. The van der Waals surface area contributed by atoms with Gasteiger partial charge in [0.05, 0.1) is 6.04 Å². The molecule has 1 amide bonds. The van der Waals surface area contributed by atoms with Crippen LogP contribution in [-0.2, 0) is 6.42 Å². The molecule has 0 aliphatic carbocycles. The van der Waals surface area contributed by atoms with Crippen LogP contribution in [0.2, 0.25) is 0 Å². The molecule has 0 saturated carbocycles. The molecule has 3 aromatic heterocycles. The van der Waals surface area contributed by atoms with E-state index in [1.807, 2.05) is 50.2 Å². The molecule has 4 rings (SSSR count). The van der Waals surface area contributed by atoms with Crippen molar-refractivity contribution in [1.82, 2.24) is 9.97 Å². The Morgan fingerprint density at radius 1 is 1.06 bits per heavy atom. The molecule has 0 aliphatic heterocycles. The monoisotopic (exact) mass is 448 g/mol. The van der Waals surface area contributed by atoms with E-state index < -0.39 is 0 Å². The zero-order valence-corrected chi connectivity index (χ0v) is 19.3. The van der Waals surface area contributed by atoms with Crippen LogP contribution in [0.25, 0.3) is 0 Å². The molecule has 158 valence electrons. The van der Waals surface area contributed by atoms with Gasteiger partial charge in [-0.3, -0.25) is 4.79 Å². The zero-order chi connectivity index (χ0) is 21.8. The van der Waals surface area contributed by atoms with Gasteiger partial charge in [-0.1, -0.05) is 25.1 Å². The highest BCUT2D eigenvalue weighted by atomic mass is 32.1. The number of aryl methyl sites for hydroxylation is 3. The number of thiophene rings is 2. The van der Waals surface area contributed by atoms with E-state index in [9.17, 15) is 4.79 Å². The maximum Gasteiger partial charge on any atom is 0.256 e. The maximum atomic E-state index is 12.9. The zero-order valence-electron chi connectivity index (χ0n) is 17.7. The molecule has 0 radical (unpaired) electrons. The first-order valence-corrected chi connectivity index (χ1v) is 11.9. The van der Waals surface area contributed by atoms with Crippen LogP contribution in [0.15, 0.2) is 59.3 Å². The fourth-order valence-electron chi connectivity index (χ4n) is 3.41. The minimum atomic E-state index is -0.171. The minimum absolute atomic E-state index is 0.113. The van der Waals surface area contributed by atoms with E-state index in [4.69, 9.17) is 0 Å². The third-order valence-electron chi connectivity index (χ3n) is 4.87. The third kappa shape index (κ3) is 5.00. The molecule has 0 bridgehead atoms. The Balaban J connectivity index is 1.72. The van der Waals surface area contributed by atoms with E-state index in [-0.39, 0.29) is 11.9 Å². The van der Waals surface area contributed by atoms with Gasteiger partial charge in [0.2, 0.25) is 5.95 Å². The van der Waals surface area contributed by atoms with Crippen molar-refractivity contribution in [3.8, 4) is 0 Å². The number of benzene rings is 1. The molecule has 0 saturated heterocycles. The lowest BCUT2D eigenvalue weighted by molar-refractivity contribution is 0.102. The number of amides is 1. The Hall–Kier alpha value is -3.03. The molecule has 0 unspecified atom stereocenters. The average molecular weight is 449 g/mol. The highest BCUT2D eigenvalue weighted by Gasteiger charge is 2.23. The second-order valence-corrected chi connectivity index (χ2v) is 9.20. The Morgan fingerprint density at radius 3 is 2.45 bits per heavy atom. The second-order valence-electron chi connectivity index (χ2n) is 7.28. The lowest BCUT2D eigenvalue weighted by atomic mass is 10.0. The summed E-state index contributed by atoms with van der Waals surface area (Å²) in [5.41, 5.74) is 4.60. The van der Waals surface area contributed by atoms with Crippen LogP contribution in [0.1, 0.15) is 50.7 Å². The van der Waals surface area contributed by atoms with E-state index in [0.717, 1.165) is 33.9 Å². The molecule has 1 atom stereocenters. The maximum absolute atomic E-state index is 12.9. The smallest absolute Gasteiger partial charge is 0.256 e. The van der Waals surface area contributed by atoms with Gasteiger partial charge in [0.25, 0.3) is 5.91 Å². The van der Waals surface area contributed by atoms with Crippen molar-refractivity contribution in [3.63, 3.8) is 0 Å². The molecule has 7 heteroatoms. The van der Waals surface area contributed by atoms with Gasteiger partial charge in [-0.05, 0) is 66.9 Å². The average Bonchev–Trinajstić information content (AvgIpc) is 3.42. The first-order valence-electron chi connectivity index (χ1n) is 10.1. The summed E-state index contributed by atoms with van der Waals surface area (Å²) >= 11 is 3.26. The van der Waals surface area contributed by atoms with Crippen molar-refractivity contribution < 1.29 is 4.79 Å². The molecule has 5 nitrogen and oxygen atoms in total. The Morgan fingerprint density at radius 2 is 1.81 bits per heavy atom. The van der Waals surface area contributed by atoms with Crippen molar-refractivity contribution in [2.75, 3.05) is 10.6 Å². The van der Waals surface area contributed by atoms with E-state index in [0.29, 0.717) is 11.5 Å². The van der Waals surface area contributed by atoms with Crippen LogP contribution in [0.3, 0.4) is 0 Å². The molecule has 3 heterocycles. The van der Waals surface area contributed by atoms with Gasteiger partial charge < -0.3 is 10.6 Å².